The number of nitrogen functional groups attached to an aromatic ring is 1. The molecule has 1 fully saturated rings. The van der Waals surface area contributed by atoms with E-state index in [0.717, 1.165) is 22.4 Å². The maximum atomic E-state index is 5.83. The third-order valence-electron chi connectivity index (χ3n) is 2.93. The molecule has 1 unspecified atom stereocenters. The van der Waals surface area contributed by atoms with Gasteiger partial charge in [0.2, 0.25) is 0 Å². The second-order valence-electron chi connectivity index (χ2n) is 4.20. The van der Waals surface area contributed by atoms with Crippen molar-refractivity contribution in [2.75, 3.05) is 18.0 Å². The van der Waals surface area contributed by atoms with Gasteiger partial charge in [-0.15, -0.1) is 11.8 Å². The zero-order chi connectivity index (χ0) is 11.2. The van der Waals surface area contributed by atoms with Crippen LogP contribution in [0.2, 0.25) is 0 Å². The molecule has 88 valence electrons. The van der Waals surface area contributed by atoms with Crippen LogP contribution in [-0.4, -0.2) is 23.3 Å². The van der Waals surface area contributed by atoms with Crippen LogP contribution in [0, 0.1) is 0 Å². The van der Waals surface area contributed by atoms with E-state index in [9.17, 15) is 0 Å². The van der Waals surface area contributed by atoms with Crippen molar-refractivity contribution in [2.24, 2.45) is 0 Å². The van der Waals surface area contributed by atoms with Gasteiger partial charge >= 0.3 is 0 Å². The van der Waals surface area contributed by atoms with Gasteiger partial charge in [-0.1, -0.05) is 0 Å². The van der Waals surface area contributed by atoms with Crippen LogP contribution in [-0.2, 0) is 0 Å². The predicted molar refractivity (Wildman–Crippen MR) is 69.6 cm³/mol. The van der Waals surface area contributed by atoms with E-state index in [1.165, 1.54) is 32.2 Å². The minimum absolute atomic E-state index is 0.760. The monoisotopic (exact) mass is 237 g/mol. The van der Waals surface area contributed by atoms with E-state index in [1.807, 2.05) is 17.8 Å². The van der Waals surface area contributed by atoms with Gasteiger partial charge in [0.25, 0.3) is 0 Å². The first-order valence-corrected chi connectivity index (χ1v) is 6.90. The molecule has 2 rings (SSSR count). The van der Waals surface area contributed by atoms with E-state index in [4.69, 9.17) is 5.73 Å². The third-order valence-corrected chi connectivity index (χ3v) is 4.10. The predicted octanol–water partition coefficient (Wildman–Crippen LogP) is 2.29. The number of thioether (sulfide) groups is 1. The van der Waals surface area contributed by atoms with E-state index in [1.54, 1.807) is 12.4 Å². The second kappa shape index (κ2) is 6.11. The average molecular weight is 237 g/mol. The van der Waals surface area contributed by atoms with Crippen LogP contribution in [0.4, 0.5) is 5.69 Å². The largest absolute Gasteiger partial charge is 0.397 e. The average Bonchev–Trinajstić information content (AvgIpc) is 2.79. The molecule has 1 saturated heterocycles. The van der Waals surface area contributed by atoms with Crippen LogP contribution in [0.1, 0.15) is 25.7 Å². The van der Waals surface area contributed by atoms with Gasteiger partial charge in [0.05, 0.1) is 11.9 Å². The minimum atomic E-state index is 0.760. The molecule has 3 N–H and O–H groups in total. The zero-order valence-electron chi connectivity index (χ0n) is 9.48. The molecule has 1 atom stereocenters. The molecule has 1 aliphatic heterocycles. The highest BCUT2D eigenvalue weighted by molar-refractivity contribution is 7.99. The molecule has 0 amide bonds. The van der Waals surface area contributed by atoms with Gasteiger partial charge in [-0.25, -0.2) is 0 Å². The van der Waals surface area contributed by atoms with Crippen LogP contribution >= 0.6 is 11.8 Å². The Kier molecular flexibility index (Phi) is 4.48. The summed E-state index contributed by atoms with van der Waals surface area (Å²) in [5.74, 6) is 1.15. The third kappa shape index (κ3) is 3.39. The normalized spacial score (nSPS) is 20.1. The standard InChI is InChI=1S/C12H19N3S/c13-11-9-14-7-5-12(11)16-8-2-4-10-3-1-6-15-10/h5,7,9-10,15H,1-4,6,8,13H2. The van der Waals surface area contributed by atoms with Gasteiger partial charge in [-0.05, 0) is 44.0 Å². The molecule has 0 radical (unpaired) electrons. The lowest BCUT2D eigenvalue weighted by Crippen LogP contribution is -2.20. The molecule has 0 spiro atoms. The van der Waals surface area contributed by atoms with Crippen LogP contribution in [0.25, 0.3) is 0 Å². The van der Waals surface area contributed by atoms with E-state index in [-0.39, 0.29) is 0 Å². The Morgan fingerprint density at radius 1 is 1.56 bits per heavy atom. The van der Waals surface area contributed by atoms with Crippen molar-refractivity contribution in [1.29, 1.82) is 0 Å². The molecule has 0 bridgehead atoms. The molecule has 1 aliphatic rings. The number of pyridine rings is 1. The summed E-state index contributed by atoms with van der Waals surface area (Å²) in [7, 11) is 0. The van der Waals surface area contributed by atoms with Crippen LogP contribution in [0.3, 0.4) is 0 Å². The maximum absolute atomic E-state index is 5.83. The van der Waals surface area contributed by atoms with Gasteiger partial charge < -0.3 is 11.1 Å². The number of nitrogens with two attached hydrogens (primary N) is 1. The first kappa shape index (κ1) is 11.7. The van der Waals surface area contributed by atoms with E-state index < -0.39 is 0 Å². The summed E-state index contributed by atoms with van der Waals surface area (Å²) in [6.07, 6.45) is 8.76. The Hall–Kier alpha value is -0.740. The molecule has 0 aliphatic carbocycles. The first-order valence-electron chi connectivity index (χ1n) is 5.92. The number of rotatable bonds is 5. The molecule has 1 aromatic rings. The summed E-state index contributed by atoms with van der Waals surface area (Å²) in [5.41, 5.74) is 6.63. The van der Waals surface area contributed by atoms with E-state index >= 15 is 0 Å². The zero-order valence-corrected chi connectivity index (χ0v) is 10.3. The van der Waals surface area contributed by atoms with Crippen LogP contribution < -0.4 is 11.1 Å². The summed E-state index contributed by atoms with van der Waals surface area (Å²) >= 11 is 1.84. The summed E-state index contributed by atoms with van der Waals surface area (Å²) in [6, 6.07) is 2.75. The smallest absolute Gasteiger partial charge is 0.0638 e. The number of hydrogen-bond donors (Lipinski definition) is 2. The highest BCUT2D eigenvalue weighted by atomic mass is 32.2. The molecule has 1 aromatic heterocycles. The molecule has 16 heavy (non-hydrogen) atoms. The number of aromatic nitrogens is 1. The molecular formula is C12H19N3S. The number of hydrogen-bond acceptors (Lipinski definition) is 4. The van der Waals surface area contributed by atoms with Gasteiger partial charge in [0, 0.05) is 17.1 Å². The lowest BCUT2D eigenvalue weighted by molar-refractivity contribution is 0.553. The SMILES string of the molecule is Nc1cnccc1SCCCC1CCCN1. The van der Waals surface area contributed by atoms with Gasteiger partial charge in [0.1, 0.15) is 0 Å². The molecule has 3 nitrogen and oxygen atoms in total. The van der Waals surface area contributed by atoms with E-state index in [2.05, 4.69) is 10.3 Å². The van der Waals surface area contributed by atoms with Crippen molar-refractivity contribution in [3.63, 3.8) is 0 Å². The molecule has 4 heteroatoms. The molecule has 0 saturated carbocycles. The van der Waals surface area contributed by atoms with Gasteiger partial charge in [-0.3, -0.25) is 4.98 Å². The highest BCUT2D eigenvalue weighted by Crippen LogP contribution is 2.25. The van der Waals surface area contributed by atoms with Crippen molar-refractivity contribution in [3.05, 3.63) is 18.5 Å². The quantitative estimate of drug-likeness (QED) is 0.609. The fourth-order valence-electron chi connectivity index (χ4n) is 2.04. The number of nitrogens with one attached hydrogen (secondary N) is 1. The van der Waals surface area contributed by atoms with Crippen LogP contribution in [0.5, 0.6) is 0 Å². The van der Waals surface area contributed by atoms with E-state index in [0.29, 0.717) is 0 Å². The summed E-state index contributed by atoms with van der Waals surface area (Å²) in [4.78, 5) is 5.15. The summed E-state index contributed by atoms with van der Waals surface area (Å²) < 4.78 is 0. The Morgan fingerprint density at radius 3 is 3.25 bits per heavy atom. The van der Waals surface area contributed by atoms with Gasteiger partial charge in [-0.2, -0.15) is 0 Å². The molecule has 0 aromatic carbocycles. The Bertz CT molecular complexity index is 324. The molecule has 2 heterocycles. The molecular weight excluding hydrogens is 218 g/mol. The highest BCUT2D eigenvalue weighted by Gasteiger charge is 2.12. The Labute approximate surface area is 101 Å². The Balaban J connectivity index is 1.66. The number of nitrogens with zero attached hydrogens (tertiary/aromatic N) is 1. The van der Waals surface area contributed by atoms with Crippen molar-refractivity contribution in [2.45, 2.75) is 36.6 Å². The first-order chi connectivity index (χ1) is 7.86. The van der Waals surface area contributed by atoms with Crippen LogP contribution in [0.15, 0.2) is 23.4 Å². The minimum Gasteiger partial charge on any atom is -0.397 e. The number of anilines is 1. The fraction of sp³-hybridized carbons (Fsp3) is 0.583. The lowest BCUT2D eigenvalue weighted by Gasteiger charge is -2.09. The van der Waals surface area contributed by atoms with Gasteiger partial charge in [0.15, 0.2) is 0 Å². The van der Waals surface area contributed by atoms with Crippen molar-refractivity contribution < 1.29 is 0 Å². The topological polar surface area (TPSA) is 50.9 Å². The summed E-state index contributed by atoms with van der Waals surface area (Å²) in [5, 5.41) is 3.52. The lowest BCUT2D eigenvalue weighted by atomic mass is 10.1. The Morgan fingerprint density at radius 2 is 2.50 bits per heavy atom. The van der Waals surface area contributed by atoms with Crippen molar-refractivity contribution in [3.8, 4) is 0 Å². The fourth-order valence-corrected chi connectivity index (χ4v) is 2.95. The van der Waals surface area contributed by atoms with Crippen molar-refractivity contribution >= 4 is 17.4 Å². The summed E-state index contributed by atoms with van der Waals surface area (Å²) in [6.45, 7) is 1.20. The maximum Gasteiger partial charge on any atom is 0.0638 e. The van der Waals surface area contributed by atoms with Crippen molar-refractivity contribution in [1.82, 2.24) is 10.3 Å². The second-order valence-corrected chi connectivity index (χ2v) is 5.33.